The van der Waals surface area contributed by atoms with E-state index in [4.69, 9.17) is 5.73 Å². The quantitative estimate of drug-likeness (QED) is 0.553. The minimum absolute atomic E-state index is 0.126. The van der Waals surface area contributed by atoms with Crippen molar-refractivity contribution in [2.75, 3.05) is 6.54 Å². The topological polar surface area (TPSA) is 101 Å². The van der Waals surface area contributed by atoms with Crippen LogP contribution >= 0.6 is 0 Å². The molecule has 6 nitrogen and oxygen atoms in total. The normalized spacial score (nSPS) is 15.3. The maximum atomic E-state index is 12.1. The molecule has 6 heteroatoms. The zero-order chi connectivity index (χ0) is 19.5. The minimum atomic E-state index is -0.958. The van der Waals surface area contributed by atoms with Crippen LogP contribution in [0.25, 0.3) is 0 Å². The molecule has 0 spiro atoms. The summed E-state index contributed by atoms with van der Waals surface area (Å²) in [6, 6.07) is 8.86. The largest absolute Gasteiger partial charge is 0.368 e. The SMILES string of the molecule is NC(=O)[C@@H](CC(=O)NCCc1ccccc1)NC(=O)CCCC1CCCC1. The fraction of sp³-hybridized carbons (Fsp3) is 0.571. The van der Waals surface area contributed by atoms with Crippen molar-refractivity contribution in [2.24, 2.45) is 11.7 Å². The zero-order valence-electron chi connectivity index (χ0n) is 15.9. The number of carbonyl (C=O) groups is 3. The Hall–Kier alpha value is -2.37. The molecule has 1 aliphatic rings. The van der Waals surface area contributed by atoms with Gasteiger partial charge >= 0.3 is 0 Å². The highest BCUT2D eigenvalue weighted by molar-refractivity contribution is 5.91. The van der Waals surface area contributed by atoms with Crippen LogP contribution in [0.3, 0.4) is 0 Å². The first-order valence-corrected chi connectivity index (χ1v) is 9.94. The number of hydrogen-bond acceptors (Lipinski definition) is 3. The third-order valence-electron chi connectivity index (χ3n) is 5.14. The molecule has 3 amide bonds. The van der Waals surface area contributed by atoms with Gasteiger partial charge in [0.05, 0.1) is 6.42 Å². The number of primary amides is 1. The molecule has 4 N–H and O–H groups in total. The molecule has 0 bridgehead atoms. The Bertz CT molecular complexity index is 612. The van der Waals surface area contributed by atoms with E-state index in [9.17, 15) is 14.4 Å². The molecule has 27 heavy (non-hydrogen) atoms. The van der Waals surface area contributed by atoms with Crippen molar-refractivity contribution < 1.29 is 14.4 Å². The molecule has 0 unspecified atom stereocenters. The lowest BCUT2D eigenvalue weighted by molar-refractivity contribution is -0.130. The molecule has 1 fully saturated rings. The van der Waals surface area contributed by atoms with Gasteiger partial charge in [0, 0.05) is 13.0 Å². The summed E-state index contributed by atoms with van der Waals surface area (Å²) in [5.74, 6) is -0.452. The van der Waals surface area contributed by atoms with Crippen molar-refractivity contribution in [1.29, 1.82) is 0 Å². The van der Waals surface area contributed by atoms with Crippen LogP contribution in [0.5, 0.6) is 0 Å². The van der Waals surface area contributed by atoms with E-state index >= 15 is 0 Å². The summed E-state index contributed by atoms with van der Waals surface area (Å²) >= 11 is 0. The predicted molar refractivity (Wildman–Crippen MR) is 105 cm³/mol. The molecule has 1 aromatic carbocycles. The van der Waals surface area contributed by atoms with Gasteiger partial charge in [-0.2, -0.15) is 0 Å². The third kappa shape index (κ3) is 8.24. The number of benzene rings is 1. The van der Waals surface area contributed by atoms with Crippen LogP contribution in [0.4, 0.5) is 0 Å². The lowest BCUT2D eigenvalue weighted by Gasteiger charge is -2.16. The molecule has 0 heterocycles. The lowest BCUT2D eigenvalue weighted by Crippen LogP contribution is -2.47. The second-order valence-corrected chi connectivity index (χ2v) is 7.35. The van der Waals surface area contributed by atoms with Crippen molar-refractivity contribution in [3.05, 3.63) is 35.9 Å². The second kappa shape index (κ2) is 11.4. The number of nitrogens with one attached hydrogen (secondary N) is 2. The lowest BCUT2D eigenvalue weighted by atomic mass is 10.0. The molecular weight excluding hydrogens is 342 g/mol. The highest BCUT2D eigenvalue weighted by Crippen LogP contribution is 2.28. The fourth-order valence-corrected chi connectivity index (χ4v) is 3.59. The van der Waals surface area contributed by atoms with Gasteiger partial charge in [0.25, 0.3) is 0 Å². The molecule has 2 rings (SSSR count). The van der Waals surface area contributed by atoms with Crippen LogP contribution in [-0.2, 0) is 20.8 Å². The number of amides is 3. The first-order chi connectivity index (χ1) is 13.0. The van der Waals surface area contributed by atoms with E-state index in [2.05, 4.69) is 10.6 Å². The minimum Gasteiger partial charge on any atom is -0.368 e. The van der Waals surface area contributed by atoms with Crippen LogP contribution in [-0.4, -0.2) is 30.3 Å². The molecule has 1 atom stereocenters. The van der Waals surface area contributed by atoms with Gasteiger partial charge in [0.2, 0.25) is 17.7 Å². The van der Waals surface area contributed by atoms with Crippen molar-refractivity contribution in [3.63, 3.8) is 0 Å². The molecule has 1 aromatic rings. The summed E-state index contributed by atoms with van der Waals surface area (Å²) in [6.45, 7) is 0.476. The van der Waals surface area contributed by atoms with Crippen LogP contribution in [0.1, 0.15) is 56.9 Å². The summed E-state index contributed by atoms with van der Waals surface area (Å²) in [7, 11) is 0. The smallest absolute Gasteiger partial charge is 0.240 e. The maximum absolute atomic E-state index is 12.1. The number of rotatable bonds is 11. The van der Waals surface area contributed by atoms with E-state index in [-0.39, 0.29) is 18.2 Å². The zero-order valence-corrected chi connectivity index (χ0v) is 15.9. The molecule has 148 valence electrons. The van der Waals surface area contributed by atoms with Crippen LogP contribution in [0.2, 0.25) is 0 Å². The van der Waals surface area contributed by atoms with Crippen LogP contribution in [0.15, 0.2) is 30.3 Å². The molecule has 1 saturated carbocycles. The molecular formula is C21H31N3O3. The predicted octanol–water partition coefficient (Wildman–Crippen LogP) is 2.07. The average molecular weight is 373 g/mol. The molecule has 0 aliphatic heterocycles. The maximum Gasteiger partial charge on any atom is 0.240 e. The van der Waals surface area contributed by atoms with Gasteiger partial charge < -0.3 is 16.4 Å². The van der Waals surface area contributed by atoms with Gasteiger partial charge in [0.1, 0.15) is 6.04 Å². The van der Waals surface area contributed by atoms with Gasteiger partial charge in [0.15, 0.2) is 0 Å². The van der Waals surface area contributed by atoms with Crippen LogP contribution < -0.4 is 16.4 Å². The molecule has 0 saturated heterocycles. The summed E-state index contributed by atoms with van der Waals surface area (Å²) in [4.78, 5) is 35.7. The Morgan fingerprint density at radius 2 is 1.78 bits per heavy atom. The van der Waals surface area contributed by atoms with Crippen molar-refractivity contribution in [2.45, 2.75) is 63.8 Å². The summed E-state index contributed by atoms with van der Waals surface area (Å²) in [6.07, 6.45) is 7.92. The van der Waals surface area contributed by atoms with E-state index in [0.29, 0.717) is 19.4 Å². The highest BCUT2D eigenvalue weighted by Gasteiger charge is 2.22. The number of carbonyl (C=O) groups excluding carboxylic acids is 3. The van der Waals surface area contributed by atoms with Gasteiger partial charge in [-0.1, -0.05) is 56.0 Å². The molecule has 1 aliphatic carbocycles. The first-order valence-electron chi connectivity index (χ1n) is 9.94. The molecule has 0 aromatic heterocycles. The Labute approximate surface area is 161 Å². The van der Waals surface area contributed by atoms with Gasteiger partial charge in [-0.25, -0.2) is 0 Å². The van der Waals surface area contributed by atoms with Crippen molar-refractivity contribution in [3.8, 4) is 0 Å². The van der Waals surface area contributed by atoms with Crippen molar-refractivity contribution >= 4 is 17.7 Å². The van der Waals surface area contributed by atoms with E-state index in [0.717, 1.165) is 24.3 Å². The number of nitrogens with two attached hydrogens (primary N) is 1. The second-order valence-electron chi connectivity index (χ2n) is 7.35. The summed E-state index contributed by atoms with van der Waals surface area (Å²) < 4.78 is 0. The fourth-order valence-electron chi connectivity index (χ4n) is 3.59. The first kappa shape index (κ1) is 20.9. The third-order valence-corrected chi connectivity index (χ3v) is 5.14. The van der Waals surface area contributed by atoms with Crippen LogP contribution in [0, 0.1) is 5.92 Å². The van der Waals surface area contributed by atoms with Gasteiger partial charge in [-0.05, 0) is 30.7 Å². The van der Waals surface area contributed by atoms with E-state index < -0.39 is 11.9 Å². The highest BCUT2D eigenvalue weighted by atomic mass is 16.2. The van der Waals surface area contributed by atoms with E-state index in [1.54, 1.807) is 0 Å². The average Bonchev–Trinajstić information content (AvgIpc) is 3.15. The van der Waals surface area contributed by atoms with Gasteiger partial charge in [-0.3, -0.25) is 14.4 Å². The summed E-state index contributed by atoms with van der Waals surface area (Å²) in [5.41, 5.74) is 6.47. The Morgan fingerprint density at radius 1 is 1.07 bits per heavy atom. The number of hydrogen-bond donors (Lipinski definition) is 3. The Morgan fingerprint density at radius 3 is 2.44 bits per heavy atom. The Kier molecular flexibility index (Phi) is 8.81. The van der Waals surface area contributed by atoms with E-state index in [1.807, 2.05) is 30.3 Å². The monoisotopic (exact) mass is 373 g/mol. The standard InChI is InChI=1S/C21H31N3O3/c22-21(27)18(24-19(25)12-6-11-16-9-4-5-10-16)15-20(26)23-14-13-17-7-2-1-3-8-17/h1-3,7-8,16,18H,4-6,9-15H2,(H2,22,27)(H,23,26)(H,24,25)/t18-/m1/s1. The summed E-state index contributed by atoms with van der Waals surface area (Å²) in [5, 5.41) is 5.38. The molecule has 0 radical (unpaired) electrons. The van der Waals surface area contributed by atoms with E-state index in [1.165, 1.54) is 25.7 Å². The van der Waals surface area contributed by atoms with Gasteiger partial charge in [-0.15, -0.1) is 0 Å². The van der Waals surface area contributed by atoms with Crippen molar-refractivity contribution in [1.82, 2.24) is 10.6 Å². The Balaban J connectivity index is 1.66.